The second kappa shape index (κ2) is 6.61. The highest BCUT2D eigenvalue weighted by Gasteiger charge is 2.27. The van der Waals surface area contributed by atoms with Gasteiger partial charge in [0.25, 0.3) is 0 Å². The van der Waals surface area contributed by atoms with E-state index in [2.05, 4.69) is 10.1 Å². The quantitative estimate of drug-likeness (QED) is 0.616. The maximum Gasteiger partial charge on any atom is 0.411 e. The molecule has 0 aliphatic carbocycles. The zero-order chi connectivity index (χ0) is 11.0. The summed E-state index contributed by atoms with van der Waals surface area (Å²) < 4.78 is 38.7. The Morgan fingerprint density at radius 3 is 2.57 bits per heavy atom. The number of alkyl halides is 3. The van der Waals surface area contributed by atoms with Crippen LogP contribution in [0.1, 0.15) is 6.42 Å². The molecular formula is C7H12F3NO3. The van der Waals surface area contributed by atoms with Crippen molar-refractivity contribution in [2.45, 2.75) is 12.6 Å². The number of halogens is 3. The van der Waals surface area contributed by atoms with Gasteiger partial charge in [-0.05, 0) is 6.42 Å². The van der Waals surface area contributed by atoms with Crippen LogP contribution in [0, 0.1) is 0 Å². The van der Waals surface area contributed by atoms with Gasteiger partial charge < -0.3 is 15.2 Å². The van der Waals surface area contributed by atoms with E-state index >= 15 is 0 Å². The molecule has 0 spiro atoms. The highest BCUT2D eigenvalue weighted by molar-refractivity contribution is 5.77. The van der Waals surface area contributed by atoms with Gasteiger partial charge in [-0.25, -0.2) is 0 Å². The van der Waals surface area contributed by atoms with E-state index in [1.807, 2.05) is 0 Å². The van der Waals surface area contributed by atoms with Crippen LogP contribution in [0.3, 0.4) is 0 Å². The Bertz CT molecular complexity index is 172. The molecule has 14 heavy (non-hydrogen) atoms. The fourth-order valence-corrected chi connectivity index (χ4v) is 0.617. The molecule has 0 atom stereocenters. The number of rotatable bonds is 6. The number of carbonyl (C=O) groups excluding carboxylic acids is 1. The zero-order valence-corrected chi connectivity index (χ0v) is 7.43. The number of aliphatic hydroxyl groups excluding tert-OH is 1. The van der Waals surface area contributed by atoms with Gasteiger partial charge in [0.05, 0.1) is 0 Å². The minimum atomic E-state index is -4.41. The van der Waals surface area contributed by atoms with Crippen LogP contribution < -0.4 is 5.32 Å². The maximum absolute atomic E-state index is 11.5. The molecule has 1 amide bonds. The molecule has 0 saturated carbocycles. The summed E-state index contributed by atoms with van der Waals surface area (Å²) in [6.07, 6.45) is -4.05. The maximum atomic E-state index is 11.5. The van der Waals surface area contributed by atoms with Crippen LogP contribution in [-0.2, 0) is 9.53 Å². The van der Waals surface area contributed by atoms with Gasteiger partial charge in [-0.1, -0.05) is 0 Å². The molecule has 7 heteroatoms. The fraction of sp³-hybridized carbons (Fsp3) is 0.857. The number of carbonyl (C=O) groups is 1. The van der Waals surface area contributed by atoms with Crippen molar-refractivity contribution in [1.82, 2.24) is 5.32 Å². The highest BCUT2D eigenvalue weighted by Crippen LogP contribution is 2.13. The molecule has 4 nitrogen and oxygen atoms in total. The first-order valence-corrected chi connectivity index (χ1v) is 3.98. The number of nitrogens with one attached hydrogen (secondary N) is 1. The summed E-state index contributed by atoms with van der Waals surface area (Å²) >= 11 is 0. The number of hydrogen-bond donors (Lipinski definition) is 2. The predicted molar refractivity (Wildman–Crippen MR) is 41.6 cm³/mol. The molecule has 0 saturated heterocycles. The molecule has 84 valence electrons. The molecule has 0 aliphatic rings. The lowest BCUT2D eigenvalue weighted by atomic mass is 10.4. The third-order valence-corrected chi connectivity index (χ3v) is 1.16. The molecule has 0 aromatic heterocycles. The van der Waals surface area contributed by atoms with Gasteiger partial charge in [0.15, 0.2) is 0 Å². The number of amides is 1. The van der Waals surface area contributed by atoms with E-state index in [0.717, 1.165) is 0 Å². The Labute approximate surface area is 79.0 Å². The van der Waals surface area contributed by atoms with Crippen LogP contribution in [-0.4, -0.2) is 43.6 Å². The fourth-order valence-electron chi connectivity index (χ4n) is 0.617. The van der Waals surface area contributed by atoms with Crippen molar-refractivity contribution in [1.29, 1.82) is 0 Å². The van der Waals surface area contributed by atoms with Crippen molar-refractivity contribution in [2.24, 2.45) is 0 Å². The van der Waals surface area contributed by atoms with Crippen molar-refractivity contribution in [3.05, 3.63) is 0 Å². The molecule has 0 rings (SSSR count). The minimum Gasteiger partial charge on any atom is -0.396 e. The summed E-state index contributed by atoms with van der Waals surface area (Å²) in [5, 5.41) is 10.6. The Morgan fingerprint density at radius 2 is 2.07 bits per heavy atom. The second-order valence-electron chi connectivity index (χ2n) is 2.54. The van der Waals surface area contributed by atoms with E-state index in [9.17, 15) is 18.0 Å². The van der Waals surface area contributed by atoms with Gasteiger partial charge in [-0.15, -0.1) is 0 Å². The zero-order valence-electron chi connectivity index (χ0n) is 7.43. The lowest BCUT2D eigenvalue weighted by Gasteiger charge is -2.07. The Morgan fingerprint density at radius 1 is 1.43 bits per heavy atom. The van der Waals surface area contributed by atoms with Crippen LogP contribution in [0.15, 0.2) is 0 Å². The van der Waals surface area contributed by atoms with Crippen molar-refractivity contribution >= 4 is 5.91 Å². The highest BCUT2D eigenvalue weighted by atomic mass is 19.4. The number of aliphatic hydroxyl groups is 1. The van der Waals surface area contributed by atoms with Gasteiger partial charge in [-0.2, -0.15) is 13.2 Å². The first-order valence-electron chi connectivity index (χ1n) is 3.98. The molecule has 2 N–H and O–H groups in total. The molecule has 0 fully saturated rings. The summed E-state index contributed by atoms with van der Waals surface area (Å²) in [5.74, 6) is -0.622. The summed E-state index contributed by atoms with van der Waals surface area (Å²) in [6.45, 7) is -1.90. The smallest absolute Gasteiger partial charge is 0.396 e. The van der Waals surface area contributed by atoms with Crippen molar-refractivity contribution in [2.75, 3.05) is 26.4 Å². The first-order chi connectivity index (χ1) is 6.45. The van der Waals surface area contributed by atoms with Crippen LogP contribution >= 0.6 is 0 Å². The average Bonchev–Trinajstić information content (AvgIpc) is 2.02. The van der Waals surface area contributed by atoms with E-state index < -0.39 is 25.3 Å². The van der Waals surface area contributed by atoms with Crippen LogP contribution in [0.5, 0.6) is 0 Å². The SMILES string of the molecule is O=C(COCC(F)(F)F)NCCCO. The Kier molecular flexibility index (Phi) is 6.22. The van der Waals surface area contributed by atoms with E-state index in [0.29, 0.717) is 6.42 Å². The largest absolute Gasteiger partial charge is 0.411 e. The topological polar surface area (TPSA) is 58.6 Å². The Hall–Kier alpha value is -0.820. The van der Waals surface area contributed by atoms with E-state index in [4.69, 9.17) is 5.11 Å². The van der Waals surface area contributed by atoms with Crippen molar-refractivity contribution < 1.29 is 27.8 Å². The van der Waals surface area contributed by atoms with E-state index in [1.54, 1.807) is 0 Å². The monoisotopic (exact) mass is 215 g/mol. The summed E-state index contributed by atoms with van der Waals surface area (Å²) in [7, 11) is 0. The summed E-state index contributed by atoms with van der Waals surface area (Å²) in [4.78, 5) is 10.7. The van der Waals surface area contributed by atoms with Gasteiger partial charge in [0.2, 0.25) is 5.91 Å². The van der Waals surface area contributed by atoms with Crippen LogP contribution in [0.25, 0.3) is 0 Å². The van der Waals surface area contributed by atoms with Gasteiger partial charge in [0.1, 0.15) is 13.2 Å². The third kappa shape index (κ3) is 9.27. The van der Waals surface area contributed by atoms with Gasteiger partial charge >= 0.3 is 6.18 Å². The van der Waals surface area contributed by atoms with Crippen LogP contribution in [0.4, 0.5) is 13.2 Å². The van der Waals surface area contributed by atoms with Gasteiger partial charge in [0, 0.05) is 13.2 Å². The molecule has 0 aromatic rings. The molecule has 0 aliphatic heterocycles. The predicted octanol–water partition coefficient (Wildman–Crippen LogP) is 0.0639. The van der Waals surface area contributed by atoms with Crippen LogP contribution in [0.2, 0.25) is 0 Å². The molecule has 0 bridgehead atoms. The molecule has 0 heterocycles. The number of hydrogen-bond acceptors (Lipinski definition) is 3. The van der Waals surface area contributed by atoms with Crippen molar-refractivity contribution in [3.8, 4) is 0 Å². The number of ether oxygens (including phenoxy) is 1. The Balaban J connectivity index is 3.36. The minimum absolute atomic E-state index is 0.0797. The molecule has 0 aromatic carbocycles. The molecule has 0 unspecified atom stereocenters. The lowest BCUT2D eigenvalue weighted by molar-refractivity contribution is -0.175. The standard InChI is InChI=1S/C7H12F3NO3/c8-7(9,10)5-14-4-6(13)11-2-1-3-12/h12H,1-5H2,(H,11,13). The van der Waals surface area contributed by atoms with E-state index in [-0.39, 0.29) is 13.2 Å². The van der Waals surface area contributed by atoms with Gasteiger partial charge in [-0.3, -0.25) is 4.79 Å². The molecule has 0 radical (unpaired) electrons. The average molecular weight is 215 g/mol. The normalized spacial score (nSPS) is 11.4. The first kappa shape index (κ1) is 13.2. The summed E-state index contributed by atoms with van der Waals surface area (Å²) in [5.41, 5.74) is 0. The molecular weight excluding hydrogens is 203 g/mol. The third-order valence-electron chi connectivity index (χ3n) is 1.16. The second-order valence-corrected chi connectivity index (χ2v) is 2.54. The summed E-state index contributed by atoms with van der Waals surface area (Å²) in [6, 6.07) is 0. The van der Waals surface area contributed by atoms with Crippen molar-refractivity contribution in [3.63, 3.8) is 0 Å². The lowest BCUT2D eigenvalue weighted by Crippen LogP contribution is -2.30. The van der Waals surface area contributed by atoms with E-state index in [1.165, 1.54) is 0 Å².